The molecule has 0 aliphatic carbocycles. The van der Waals surface area contributed by atoms with Crippen LogP contribution < -0.4 is 0 Å². The zero-order valence-corrected chi connectivity index (χ0v) is 10.9. The molecule has 0 saturated carbocycles. The first kappa shape index (κ1) is 12.1. The normalized spacial score (nSPS) is 11.2. The van der Waals surface area contributed by atoms with Gasteiger partial charge < -0.3 is 9.09 Å². The quantitative estimate of drug-likeness (QED) is 0.666. The molecule has 0 aliphatic rings. The Morgan fingerprint density at radius 2 is 2.26 bits per heavy atom. The molecular weight excluding hydrogens is 266 g/mol. The van der Waals surface area contributed by atoms with E-state index < -0.39 is 0 Å². The minimum Gasteiger partial charge on any atom is -0.343 e. The first-order valence-corrected chi connectivity index (χ1v) is 6.52. The maximum absolute atomic E-state index is 5.83. The van der Waals surface area contributed by atoms with E-state index in [1.165, 1.54) is 6.39 Å². The summed E-state index contributed by atoms with van der Waals surface area (Å²) in [6.07, 6.45) is 6.28. The molecule has 0 aromatic carbocycles. The zero-order chi connectivity index (χ0) is 13.1. The second-order valence-electron chi connectivity index (χ2n) is 4.08. The van der Waals surface area contributed by atoms with E-state index >= 15 is 0 Å². The monoisotopic (exact) mass is 277 g/mol. The number of fused-ring (bicyclic) bond motifs is 1. The standard InChI is InChI=1S/C12H12ClN5O/c13-4-1-12-16-9-7-14-5-2-10(9)18(12)6-3-11-15-8-19-17-11/h2,5,7-8H,1,3-4,6H2. The lowest BCUT2D eigenvalue weighted by atomic mass is 10.3. The fraction of sp³-hybridized carbons (Fsp3) is 0.333. The van der Waals surface area contributed by atoms with Gasteiger partial charge in [0.2, 0.25) is 6.39 Å². The highest BCUT2D eigenvalue weighted by Gasteiger charge is 2.11. The van der Waals surface area contributed by atoms with E-state index in [9.17, 15) is 0 Å². The predicted octanol–water partition coefficient (Wildman–Crippen LogP) is 1.84. The Labute approximate surface area is 114 Å². The van der Waals surface area contributed by atoms with Crippen LogP contribution in [0.25, 0.3) is 11.0 Å². The first-order valence-electron chi connectivity index (χ1n) is 5.99. The molecule has 3 aromatic heterocycles. The summed E-state index contributed by atoms with van der Waals surface area (Å²) in [5, 5.41) is 3.81. The molecule has 0 aliphatic heterocycles. The summed E-state index contributed by atoms with van der Waals surface area (Å²) in [6, 6.07) is 1.95. The highest BCUT2D eigenvalue weighted by Crippen LogP contribution is 2.16. The third-order valence-electron chi connectivity index (χ3n) is 2.91. The van der Waals surface area contributed by atoms with Crippen molar-refractivity contribution in [2.45, 2.75) is 19.4 Å². The van der Waals surface area contributed by atoms with E-state index in [4.69, 9.17) is 16.1 Å². The lowest BCUT2D eigenvalue weighted by Crippen LogP contribution is -2.07. The summed E-state index contributed by atoms with van der Waals surface area (Å²) in [6.45, 7) is 0.742. The van der Waals surface area contributed by atoms with Crippen molar-refractivity contribution in [3.8, 4) is 0 Å². The molecule has 0 spiro atoms. The Kier molecular flexibility index (Phi) is 3.41. The van der Waals surface area contributed by atoms with Crippen LogP contribution in [0.3, 0.4) is 0 Å². The topological polar surface area (TPSA) is 69.6 Å². The van der Waals surface area contributed by atoms with Gasteiger partial charge >= 0.3 is 0 Å². The minimum atomic E-state index is 0.541. The Morgan fingerprint density at radius 1 is 1.32 bits per heavy atom. The number of rotatable bonds is 5. The van der Waals surface area contributed by atoms with Crippen molar-refractivity contribution in [2.24, 2.45) is 0 Å². The Balaban J connectivity index is 1.92. The van der Waals surface area contributed by atoms with Crippen LogP contribution in [0.4, 0.5) is 0 Å². The van der Waals surface area contributed by atoms with E-state index in [0.717, 1.165) is 29.8 Å². The smallest absolute Gasteiger partial charge is 0.213 e. The van der Waals surface area contributed by atoms with Crippen LogP contribution >= 0.6 is 11.6 Å². The van der Waals surface area contributed by atoms with E-state index in [1.807, 2.05) is 6.07 Å². The number of aromatic nitrogens is 5. The van der Waals surface area contributed by atoms with Gasteiger partial charge in [-0.1, -0.05) is 5.16 Å². The maximum atomic E-state index is 5.83. The van der Waals surface area contributed by atoms with Crippen LogP contribution in [-0.2, 0) is 19.4 Å². The van der Waals surface area contributed by atoms with Crippen molar-refractivity contribution in [3.63, 3.8) is 0 Å². The number of imidazole rings is 1. The van der Waals surface area contributed by atoms with Crippen LogP contribution in [0.2, 0.25) is 0 Å². The highest BCUT2D eigenvalue weighted by molar-refractivity contribution is 6.17. The summed E-state index contributed by atoms with van der Waals surface area (Å²) < 4.78 is 6.87. The molecule has 0 unspecified atom stereocenters. The van der Waals surface area contributed by atoms with Crippen LogP contribution in [0.1, 0.15) is 11.6 Å². The number of alkyl halides is 1. The van der Waals surface area contributed by atoms with Crippen LogP contribution in [0.15, 0.2) is 29.4 Å². The third kappa shape index (κ3) is 2.44. The summed E-state index contributed by atoms with van der Waals surface area (Å²) >= 11 is 5.83. The minimum absolute atomic E-state index is 0.541. The van der Waals surface area contributed by atoms with Crippen LogP contribution in [0.5, 0.6) is 0 Å². The van der Waals surface area contributed by atoms with E-state index in [2.05, 4.69) is 24.7 Å². The largest absolute Gasteiger partial charge is 0.343 e. The van der Waals surface area contributed by atoms with Gasteiger partial charge in [0.25, 0.3) is 0 Å². The molecule has 19 heavy (non-hydrogen) atoms. The zero-order valence-electron chi connectivity index (χ0n) is 10.2. The van der Waals surface area contributed by atoms with E-state index in [1.54, 1.807) is 12.4 Å². The van der Waals surface area contributed by atoms with Gasteiger partial charge in [-0.05, 0) is 6.07 Å². The SMILES string of the molecule is ClCCc1nc2cnccc2n1CCc1ncon1. The van der Waals surface area contributed by atoms with Crippen molar-refractivity contribution >= 4 is 22.6 Å². The molecule has 0 atom stereocenters. The van der Waals surface area contributed by atoms with E-state index in [-0.39, 0.29) is 0 Å². The molecular formula is C12H12ClN5O. The molecule has 6 nitrogen and oxygen atoms in total. The van der Waals surface area contributed by atoms with Crippen molar-refractivity contribution in [1.82, 2.24) is 24.7 Å². The number of nitrogens with zero attached hydrogens (tertiary/aromatic N) is 5. The van der Waals surface area contributed by atoms with Gasteiger partial charge in [-0.25, -0.2) is 4.98 Å². The van der Waals surface area contributed by atoms with Crippen LogP contribution in [0, 0.1) is 0 Å². The average Bonchev–Trinajstić information content (AvgIpc) is 3.04. The number of halogens is 1. The van der Waals surface area contributed by atoms with Crippen molar-refractivity contribution < 1.29 is 4.52 Å². The molecule has 7 heteroatoms. The Hall–Kier alpha value is -1.95. The summed E-state index contributed by atoms with van der Waals surface area (Å²) in [4.78, 5) is 12.7. The second-order valence-corrected chi connectivity index (χ2v) is 4.46. The second kappa shape index (κ2) is 5.36. The Bertz CT molecular complexity index is 664. The summed E-state index contributed by atoms with van der Waals surface area (Å²) in [5.74, 6) is 2.19. The molecule has 0 N–H and O–H groups in total. The van der Waals surface area contributed by atoms with Crippen LogP contribution in [-0.4, -0.2) is 30.6 Å². The molecule has 0 fully saturated rings. The number of hydrogen-bond acceptors (Lipinski definition) is 5. The fourth-order valence-corrected chi connectivity index (χ4v) is 2.24. The number of aryl methyl sites for hydroxylation is 3. The van der Waals surface area contributed by atoms with Crippen molar-refractivity contribution in [3.05, 3.63) is 36.5 Å². The predicted molar refractivity (Wildman–Crippen MR) is 70.0 cm³/mol. The first-order chi connectivity index (χ1) is 9.38. The van der Waals surface area contributed by atoms with Gasteiger partial charge in [-0.15, -0.1) is 11.6 Å². The Morgan fingerprint density at radius 3 is 3.05 bits per heavy atom. The lowest BCUT2D eigenvalue weighted by Gasteiger charge is -2.06. The number of hydrogen-bond donors (Lipinski definition) is 0. The molecule has 3 aromatic rings. The third-order valence-corrected chi connectivity index (χ3v) is 3.10. The maximum Gasteiger partial charge on any atom is 0.213 e. The van der Waals surface area contributed by atoms with Gasteiger partial charge in [0.1, 0.15) is 11.3 Å². The van der Waals surface area contributed by atoms with E-state index in [0.29, 0.717) is 18.1 Å². The number of pyridine rings is 1. The van der Waals surface area contributed by atoms with Gasteiger partial charge in [0.15, 0.2) is 5.82 Å². The fourth-order valence-electron chi connectivity index (χ4n) is 2.07. The molecule has 98 valence electrons. The molecule has 0 amide bonds. The van der Waals surface area contributed by atoms with Crippen molar-refractivity contribution in [2.75, 3.05) is 5.88 Å². The van der Waals surface area contributed by atoms with Gasteiger partial charge in [0, 0.05) is 31.5 Å². The summed E-state index contributed by atoms with van der Waals surface area (Å²) in [7, 11) is 0. The van der Waals surface area contributed by atoms with Gasteiger partial charge in [-0.2, -0.15) is 4.98 Å². The van der Waals surface area contributed by atoms with Crippen molar-refractivity contribution in [1.29, 1.82) is 0 Å². The molecule has 0 radical (unpaired) electrons. The average molecular weight is 278 g/mol. The lowest BCUT2D eigenvalue weighted by molar-refractivity contribution is 0.408. The molecule has 3 rings (SSSR count). The van der Waals surface area contributed by atoms with Gasteiger partial charge in [-0.3, -0.25) is 4.98 Å². The van der Waals surface area contributed by atoms with Gasteiger partial charge in [0.05, 0.1) is 11.7 Å². The molecule has 0 bridgehead atoms. The molecule has 3 heterocycles. The molecule has 0 saturated heterocycles. The summed E-state index contributed by atoms with van der Waals surface area (Å²) in [5.41, 5.74) is 1.94. The highest BCUT2D eigenvalue weighted by atomic mass is 35.5.